The first-order valence-corrected chi connectivity index (χ1v) is 19.9. The van der Waals surface area contributed by atoms with Crippen LogP contribution in [0.3, 0.4) is 0 Å². The fourth-order valence-electron chi connectivity index (χ4n) is 7.63. The molecule has 0 atom stereocenters. The van der Waals surface area contributed by atoms with Crippen LogP contribution < -0.4 is 4.90 Å². The van der Waals surface area contributed by atoms with Gasteiger partial charge in [0.15, 0.2) is 23.3 Å². The van der Waals surface area contributed by atoms with E-state index >= 15 is 0 Å². The van der Waals surface area contributed by atoms with E-state index in [4.69, 9.17) is 29.3 Å². The van der Waals surface area contributed by atoms with Gasteiger partial charge in [0, 0.05) is 54.6 Å². The van der Waals surface area contributed by atoms with Gasteiger partial charge in [0.05, 0.1) is 10.2 Å². The highest BCUT2D eigenvalue weighted by molar-refractivity contribution is 7.26. The molecule has 0 spiro atoms. The van der Waals surface area contributed by atoms with E-state index in [1.165, 1.54) is 0 Å². The molecule has 0 fully saturated rings. The van der Waals surface area contributed by atoms with Crippen molar-refractivity contribution in [2.45, 2.75) is 6.92 Å². The van der Waals surface area contributed by atoms with Crippen molar-refractivity contribution in [2.24, 2.45) is 0 Å². The molecule has 4 aromatic heterocycles. The second-order valence-electron chi connectivity index (χ2n) is 14.2. The molecular weight excluding hydrogens is 733 g/mol. The summed E-state index contributed by atoms with van der Waals surface area (Å²) < 4.78 is 8.20. The van der Waals surface area contributed by atoms with Gasteiger partial charge in [-0.3, -0.25) is 0 Å². The summed E-state index contributed by atoms with van der Waals surface area (Å²) in [5, 5.41) is 3.10. The molecule has 4 heterocycles. The Bertz CT molecular complexity index is 3270. The smallest absolute Gasteiger partial charge is 0.184 e. The van der Waals surface area contributed by atoms with Crippen LogP contribution in [-0.2, 0) is 0 Å². The lowest BCUT2D eigenvalue weighted by Crippen LogP contribution is -2.11. The number of para-hydroxylation sites is 3. The number of aromatic nitrogens is 5. The van der Waals surface area contributed by atoms with Crippen molar-refractivity contribution in [3.05, 3.63) is 181 Å². The maximum Gasteiger partial charge on any atom is 0.184 e. The summed E-state index contributed by atoms with van der Waals surface area (Å²) in [6.45, 7) is 2.14. The van der Waals surface area contributed by atoms with Gasteiger partial charge in [-0.15, -0.1) is 11.3 Å². The van der Waals surface area contributed by atoms with Crippen LogP contribution >= 0.6 is 11.3 Å². The molecule has 0 amide bonds. The van der Waals surface area contributed by atoms with Crippen LogP contribution in [-0.4, -0.2) is 24.9 Å². The molecule has 0 aliphatic rings. The van der Waals surface area contributed by atoms with Crippen molar-refractivity contribution in [2.75, 3.05) is 4.90 Å². The molecular formula is C50H32N6OS. The summed E-state index contributed by atoms with van der Waals surface area (Å²) in [4.78, 5) is 28.4. The highest BCUT2D eigenvalue weighted by atomic mass is 32.1. The van der Waals surface area contributed by atoms with Gasteiger partial charge in [-0.25, -0.2) is 24.9 Å². The van der Waals surface area contributed by atoms with Crippen LogP contribution in [0, 0.1) is 6.92 Å². The molecule has 58 heavy (non-hydrogen) atoms. The number of rotatable bonds is 7. The largest absolute Gasteiger partial charge is 0.456 e. The number of hydrogen-bond donors (Lipinski definition) is 0. The molecule has 7 aromatic carbocycles. The number of benzene rings is 7. The van der Waals surface area contributed by atoms with Crippen molar-refractivity contribution in [3.8, 4) is 45.7 Å². The highest BCUT2D eigenvalue weighted by Crippen LogP contribution is 2.42. The average Bonchev–Trinajstić information content (AvgIpc) is 3.86. The first-order valence-electron chi connectivity index (χ1n) is 19.1. The van der Waals surface area contributed by atoms with Crippen molar-refractivity contribution in [1.29, 1.82) is 0 Å². The third-order valence-electron chi connectivity index (χ3n) is 10.5. The molecule has 0 saturated heterocycles. The van der Waals surface area contributed by atoms with Crippen molar-refractivity contribution < 1.29 is 4.42 Å². The fraction of sp³-hybridized carbons (Fsp3) is 0.0200. The normalized spacial score (nSPS) is 11.5. The third-order valence-corrected chi connectivity index (χ3v) is 11.6. The quantitative estimate of drug-likeness (QED) is 0.160. The van der Waals surface area contributed by atoms with Gasteiger partial charge in [0.25, 0.3) is 0 Å². The number of fused-ring (bicyclic) bond motifs is 6. The van der Waals surface area contributed by atoms with Crippen LogP contribution in [0.15, 0.2) is 180 Å². The lowest BCUT2D eigenvalue weighted by atomic mass is 10.1. The summed E-state index contributed by atoms with van der Waals surface area (Å²) in [6, 6.07) is 59.9. The first kappa shape index (κ1) is 33.8. The van der Waals surface area contributed by atoms with E-state index in [1.54, 1.807) is 11.3 Å². The zero-order chi connectivity index (χ0) is 38.6. The van der Waals surface area contributed by atoms with Crippen LogP contribution in [0.25, 0.3) is 87.9 Å². The zero-order valence-corrected chi connectivity index (χ0v) is 32.1. The van der Waals surface area contributed by atoms with E-state index in [0.29, 0.717) is 29.0 Å². The van der Waals surface area contributed by atoms with E-state index in [9.17, 15) is 0 Å². The molecule has 0 bridgehead atoms. The predicted molar refractivity (Wildman–Crippen MR) is 237 cm³/mol. The minimum atomic E-state index is 0.476. The Balaban J connectivity index is 1.14. The van der Waals surface area contributed by atoms with Crippen molar-refractivity contribution in [1.82, 2.24) is 24.9 Å². The number of anilines is 3. The van der Waals surface area contributed by atoms with Gasteiger partial charge >= 0.3 is 0 Å². The molecule has 11 rings (SSSR count). The fourth-order valence-corrected chi connectivity index (χ4v) is 8.76. The standard InChI is InChI=1S/C50H32N6OS/c1-31-25-26-34(30-40(31)56(35-17-7-3-8-18-35)36-19-9-4-10-20-36)48-51-44-38-22-12-14-24-43(38)58-46(44)45(52-48)50-54-47(32-15-5-2-6-16-32)53-49(55-50)33-27-28-42-39(29-33)37-21-11-13-23-41(37)57-42/h2-30H,1H3. The number of furan rings is 1. The molecule has 0 N–H and O–H groups in total. The maximum absolute atomic E-state index is 6.17. The minimum absolute atomic E-state index is 0.476. The number of aryl methyl sites for hydroxylation is 1. The lowest BCUT2D eigenvalue weighted by Gasteiger charge is -2.27. The second kappa shape index (κ2) is 13.9. The maximum atomic E-state index is 6.17. The van der Waals surface area contributed by atoms with Crippen LogP contribution in [0.2, 0.25) is 0 Å². The van der Waals surface area contributed by atoms with Crippen LogP contribution in [0.4, 0.5) is 17.1 Å². The molecule has 0 aliphatic carbocycles. The predicted octanol–water partition coefficient (Wildman–Crippen LogP) is 13.4. The number of hydrogen-bond acceptors (Lipinski definition) is 8. The zero-order valence-electron chi connectivity index (χ0n) is 31.2. The van der Waals surface area contributed by atoms with Gasteiger partial charge in [0.2, 0.25) is 0 Å². The van der Waals surface area contributed by atoms with Gasteiger partial charge in [0.1, 0.15) is 16.9 Å². The minimum Gasteiger partial charge on any atom is -0.456 e. The van der Waals surface area contributed by atoms with E-state index in [0.717, 1.165) is 81.6 Å². The lowest BCUT2D eigenvalue weighted by molar-refractivity contribution is 0.669. The molecule has 0 aliphatic heterocycles. The Kier molecular flexibility index (Phi) is 8.08. The van der Waals surface area contributed by atoms with E-state index in [2.05, 4.69) is 115 Å². The molecule has 0 unspecified atom stereocenters. The van der Waals surface area contributed by atoms with Crippen LogP contribution in [0.5, 0.6) is 0 Å². The Morgan fingerprint density at radius 2 is 1.02 bits per heavy atom. The summed E-state index contributed by atoms with van der Waals surface area (Å²) in [5.41, 5.74) is 10.1. The summed E-state index contributed by atoms with van der Waals surface area (Å²) in [6.07, 6.45) is 0. The Labute approximate surface area is 337 Å². The Morgan fingerprint density at radius 1 is 0.448 bits per heavy atom. The van der Waals surface area contributed by atoms with Crippen LogP contribution in [0.1, 0.15) is 5.56 Å². The topological polar surface area (TPSA) is 80.8 Å². The summed E-state index contributed by atoms with van der Waals surface area (Å²) >= 11 is 1.65. The Morgan fingerprint density at radius 3 is 1.78 bits per heavy atom. The summed E-state index contributed by atoms with van der Waals surface area (Å²) in [5.74, 6) is 2.17. The van der Waals surface area contributed by atoms with Crippen molar-refractivity contribution >= 4 is 70.6 Å². The second-order valence-corrected chi connectivity index (χ2v) is 15.2. The van der Waals surface area contributed by atoms with E-state index < -0.39 is 0 Å². The number of thiophene rings is 1. The van der Waals surface area contributed by atoms with Gasteiger partial charge in [-0.05, 0) is 73.2 Å². The summed E-state index contributed by atoms with van der Waals surface area (Å²) in [7, 11) is 0. The SMILES string of the molecule is Cc1ccc(-c2nc(-c3nc(-c4ccccc4)nc(-c4ccc5oc6ccccc6c5c4)n3)c3sc4ccccc4c3n2)cc1N(c1ccccc1)c1ccccc1. The first-order chi connectivity index (χ1) is 28.6. The van der Waals surface area contributed by atoms with Gasteiger partial charge < -0.3 is 9.32 Å². The monoisotopic (exact) mass is 764 g/mol. The number of nitrogens with zero attached hydrogens (tertiary/aromatic N) is 6. The van der Waals surface area contributed by atoms with Crippen molar-refractivity contribution in [3.63, 3.8) is 0 Å². The van der Waals surface area contributed by atoms with Gasteiger partial charge in [-0.2, -0.15) is 0 Å². The van der Waals surface area contributed by atoms with E-state index in [1.807, 2.05) is 72.8 Å². The van der Waals surface area contributed by atoms with E-state index in [-0.39, 0.29) is 0 Å². The molecule has 0 saturated carbocycles. The third kappa shape index (κ3) is 5.86. The molecule has 7 nitrogen and oxygen atoms in total. The molecule has 11 aromatic rings. The molecule has 8 heteroatoms. The van der Waals surface area contributed by atoms with Gasteiger partial charge in [-0.1, -0.05) is 115 Å². The Hall–Kier alpha value is -7.55. The average molecular weight is 765 g/mol. The highest BCUT2D eigenvalue weighted by Gasteiger charge is 2.23. The molecule has 0 radical (unpaired) electrons. The molecule has 274 valence electrons.